The topological polar surface area (TPSA) is 54.9 Å². The van der Waals surface area contributed by atoms with Crippen LogP contribution in [0.2, 0.25) is 0 Å². The van der Waals surface area contributed by atoms with E-state index in [4.69, 9.17) is 0 Å². The summed E-state index contributed by atoms with van der Waals surface area (Å²) < 4.78 is 0. The van der Waals surface area contributed by atoms with Crippen LogP contribution < -0.4 is 5.32 Å². The van der Waals surface area contributed by atoms with Crippen LogP contribution in [-0.2, 0) is 11.2 Å². The van der Waals surface area contributed by atoms with Gasteiger partial charge in [0.25, 0.3) is 0 Å². The Labute approximate surface area is 158 Å². The molecule has 1 N–H and O–H groups in total. The van der Waals surface area contributed by atoms with Crippen LogP contribution in [0.5, 0.6) is 0 Å². The molecule has 132 valence electrons. The van der Waals surface area contributed by atoms with Gasteiger partial charge in [-0.05, 0) is 25.0 Å². The van der Waals surface area contributed by atoms with Crippen LogP contribution in [0.3, 0.4) is 0 Å². The van der Waals surface area contributed by atoms with E-state index in [-0.39, 0.29) is 5.91 Å². The van der Waals surface area contributed by atoms with Gasteiger partial charge in [-0.15, -0.1) is 0 Å². The number of hydrogen-bond donors (Lipinski definition) is 1. The number of benzene rings is 2. The fraction of sp³-hybridized carbons (Fsp3) is 0.190. The molecule has 1 aromatic heterocycles. The van der Waals surface area contributed by atoms with Gasteiger partial charge in [0.1, 0.15) is 0 Å². The van der Waals surface area contributed by atoms with Crippen LogP contribution in [0.4, 0.5) is 0 Å². The quantitative estimate of drug-likeness (QED) is 0.511. The molecule has 0 atom stereocenters. The van der Waals surface area contributed by atoms with Crippen LogP contribution in [0.25, 0.3) is 11.3 Å². The minimum atomic E-state index is -0.00250. The number of thioether (sulfide) groups is 1. The van der Waals surface area contributed by atoms with Crippen molar-refractivity contribution in [2.75, 3.05) is 12.3 Å². The first-order valence-corrected chi connectivity index (χ1v) is 9.54. The van der Waals surface area contributed by atoms with Gasteiger partial charge in [-0.25, -0.2) is 9.97 Å². The number of carbonyl (C=O) groups is 1. The first kappa shape index (κ1) is 18.1. The molecule has 0 spiro atoms. The van der Waals surface area contributed by atoms with Crippen molar-refractivity contribution in [3.63, 3.8) is 0 Å². The van der Waals surface area contributed by atoms with E-state index in [0.29, 0.717) is 17.5 Å². The third kappa shape index (κ3) is 5.43. The smallest absolute Gasteiger partial charge is 0.230 e. The lowest BCUT2D eigenvalue weighted by atomic mass is 10.1. The monoisotopic (exact) mass is 363 g/mol. The second kappa shape index (κ2) is 9.15. The van der Waals surface area contributed by atoms with Crippen molar-refractivity contribution in [2.45, 2.75) is 18.5 Å². The first-order valence-electron chi connectivity index (χ1n) is 8.55. The summed E-state index contributed by atoms with van der Waals surface area (Å²) in [6, 6.07) is 22.1. The highest BCUT2D eigenvalue weighted by Crippen LogP contribution is 2.21. The van der Waals surface area contributed by atoms with Crippen LogP contribution in [0.1, 0.15) is 11.3 Å². The molecule has 0 aliphatic carbocycles. The Morgan fingerprint density at radius 3 is 2.42 bits per heavy atom. The van der Waals surface area contributed by atoms with Gasteiger partial charge in [-0.1, -0.05) is 72.4 Å². The van der Waals surface area contributed by atoms with Gasteiger partial charge >= 0.3 is 0 Å². The third-order valence-electron chi connectivity index (χ3n) is 3.81. The largest absolute Gasteiger partial charge is 0.355 e. The second-order valence-electron chi connectivity index (χ2n) is 5.92. The van der Waals surface area contributed by atoms with E-state index in [2.05, 4.69) is 27.4 Å². The number of nitrogens with zero attached hydrogens (tertiary/aromatic N) is 2. The molecule has 26 heavy (non-hydrogen) atoms. The lowest BCUT2D eigenvalue weighted by Gasteiger charge is -2.07. The molecule has 0 bridgehead atoms. The van der Waals surface area contributed by atoms with Crippen molar-refractivity contribution in [2.24, 2.45) is 0 Å². The van der Waals surface area contributed by atoms with Crippen molar-refractivity contribution in [1.29, 1.82) is 0 Å². The standard InChI is InChI=1S/C21H21N3OS/c1-16-14-19(18-10-6-3-7-11-18)24-21(23-16)26-15-20(25)22-13-12-17-8-4-2-5-9-17/h2-11,14H,12-13,15H2,1H3,(H,22,25). The molecule has 0 saturated carbocycles. The number of aromatic nitrogens is 2. The summed E-state index contributed by atoms with van der Waals surface area (Å²) >= 11 is 1.36. The zero-order chi connectivity index (χ0) is 18.2. The Balaban J connectivity index is 1.52. The van der Waals surface area contributed by atoms with Gasteiger partial charge in [0, 0.05) is 17.8 Å². The SMILES string of the molecule is Cc1cc(-c2ccccc2)nc(SCC(=O)NCCc2ccccc2)n1. The molecule has 5 heteroatoms. The Morgan fingerprint density at radius 1 is 1.00 bits per heavy atom. The van der Waals surface area contributed by atoms with Crippen LogP contribution in [0, 0.1) is 6.92 Å². The molecule has 3 aromatic rings. The summed E-state index contributed by atoms with van der Waals surface area (Å²) in [6.45, 7) is 2.57. The van der Waals surface area contributed by atoms with Crippen LogP contribution in [-0.4, -0.2) is 28.2 Å². The van der Waals surface area contributed by atoms with E-state index in [9.17, 15) is 4.79 Å². The minimum Gasteiger partial charge on any atom is -0.355 e. The van der Waals surface area contributed by atoms with E-state index in [1.54, 1.807) is 0 Å². The summed E-state index contributed by atoms with van der Waals surface area (Å²) in [6.07, 6.45) is 0.830. The highest BCUT2D eigenvalue weighted by Gasteiger charge is 2.08. The molecule has 0 unspecified atom stereocenters. The minimum absolute atomic E-state index is 0.00250. The van der Waals surface area contributed by atoms with Gasteiger partial charge in [0.05, 0.1) is 11.4 Å². The van der Waals surface area contributed by atoms with Gasteiger partial charge < -0.3 is 5.32 Å². The van der Waals surface area contributed by atoms with E-state index >= 15 is 0 Å². The second-order valence-corrected chi connectivity index (χ2v) is 6.86. The molecule has 0 fully saturated rings. The Morgan fingerprint density at radius 2 is 1.69 bits per heavy atom. The summed E-state index contributed by atoms with van der Waals surface area (Å²) in [7, 11) is 0. The molecule has 1 heterocycles. The maximum absolute atomic E-state index is 12.1. The predicted octanol–water partition coefficient (Wildman–Crippen LogP) is 3.90. The van der Waals surface area contributed by atoms with E-state index < -0.39 is 0 Å². The number of amides is 1. The van der Waals surface area contributed by atoms with Gasteiger partial charge in [-0.3, -0.25) is 4.79 Å². The predicted molar refractivity (Wildman–Crippen MR) is 106 cm³/mol. The number of carbonyl (C=O) groups excluding carboxylic acids is 1. The molecule has 4 nitrogen and oxygen atoms in total. The number of nitrogens with one attached hydrogen (secondary N) is 1. The summed E-state index contributed by atoms with van der Waals surface area (Å²) in [4.78, 5) is 21.1. The highest BCUT2D eigenvalue weighted by atomic mass is 32.2. The highest BCUT2D eigenvalue weighted by molar-refractivity contribution is 7.99. The number of hydrogen-bond acceptors (Lipinski definition) is 4. The lowest BCUT2D eigenvalue weighted by molar-refractivity contribution is -0.118. The first-order chi connectivity index (χ1) is 12.7. The summed E-state index contributed by atoms with van der Waals surface area (Å²) in [5.41, 5.74) is 4.04. The fourth-order valence-corrected chi connectivity index (χ4v) is 3.27. The van der Waals surface area contributed by atoms with E-state index in [1.807, 2.05) is 61.5 Å². The van der Waals surface area contributed by atoms with Crippen molar-refractivity contribution in [3.8, 4) is 11.3 Å². The Kier molecular flexibility index (Phi) is 6.39. The zero-order valence-electron chi connectivity index (χ0n) is 14.7. The normalized spacial score (nSPS) is 10.5. The third-order valence-corrected chi connectivity index (χ3v) is 4.66. The van der Waals surface area contributed by atoms with Crippen LogP contribution in [0.15, 0.2) is 71.9 Å². The van der Waals surface area contributed by atoms with Crippen molar-refractivity contribution < 1.29 is 4.79 Å². The number of rotatable bonds is 7. The Hall–Kier alpha value is -2.66. The molecule has 1 amide bonds. The van der Waals surface area contributed by atoms with Crippen molar-refractivity contribution in [1.82, 2.24) is 15.3 Å². The average molecular weight is 363 g/mol. The van der Waals surface area contributed by atoms with Crippen molar-refractivity contribution >= 4 is 17.7 Å². The molecule has 2 aromatic carbocycles. The Bertz CT molecular complexity index is 854. The van der Waals surface area contributed by atoms with Gasteiger partial charge in [0.15, 0.2) is 5.16 Å². The molecule has 0 aliphatic rings. The molecule has 0 saturated heterocycles. The average Bonchev–Trinajstić information content (AvgIpc) is 2.67. The molecule has 0 aliphatic heterocycles. The molecular formula is C21H21N3OS. The van der Waals surface area contributed by atoms with E-state index in [1.165, 1.54) is 17.3 Å². The summed E-state index contributed by atoms with van der Waals surface area (Å²) in [5.74, 6) is 0.309. The molecule has 0 radical (unpaired) electrons. The maximum atomic E-state index is 12.1. The molecular weight excluding hydrogens is 342 g/mol. The zero-order valence-corrected chi connectivity index (χ0v) is 15.5. The van der Waals surface area contributed by atoms with Gasteiger partial charge in [-0.2, -0.15) is 0 Å². The van der Waals surface area contributed by atoms with Crippen molar-refractivity contribution in [3.05, 3.63) is 78.0 Å². The maximum Gasteiger partial charge on any atom is 0.230 e. The lowest BCUT2D eigenvalue weighted by Crippen LogP contribution is -2.27. The number of aryl methyl sites for hydroxylation is 1. The van der Waals surface area contributed by atoms with Gasteiger partial charge in [0.2, 0.25) is 5.91 Å². The molecule has 3 rings (SSSR count). The fourth-order valence-electron chi connectivity index (χ4n) is 2.53. The van der Waals surface area contributed by atoms with Crippen LogP contribution >= 0.6 is 11.8 Å². The van der Waals surface area contributed by atoms with E-state index in [0.717, 1.165) is 23.4 Å². The summed E-state index contributed by atoms with van der Waals surface area (Å²) in [5, 5.41) is 3.57.